The van der Waals surface area contributed by atoms with Gasteiger partial charge in [-0.3, -0.25) is 9.59 Å². The standard InChI is InChI=1S/C21H25N3O4/c25-20(16-7-9-24(10-8-16)21(26)19-6-3-13-28-19)22-17-4-1-2-5-18(17)23-11-14-27-15-12-23/h1-6,13,16H,7-12,14-15H2,(H,22,25). The van der Waals surface area contributed by atoms with Crippen molar-refractivity contribution in [2.24, 2.45) is 5.92 Å². The van der Waals surface area contributed by atoms with Gasteiger partial charge in [-0.05, 0) is 37.1 Å². The lowest BCUT2D eigenvalue weighted by Gasteiger charge is -2.32. The Kier molecular flexibility index (Phi) is 5.62. The van der Waals surface area contributed by atoms with Crippen LogP contribution in [0.2, 0.25) is 0 Å². The minimum absolute atomic E-state index is 0.0193. The lowest BCUT2D eigenvalue weighted by atomic mass is 9.95. The zero-order valence-corrected chi connectivity index (χ0v) is 15.8. The number of carbonyl (C=O) groups is 2. The molecule has 0 saturated carbocycles. The van der Waals surface area contributed by atoms with Gasteiger partial charge >= 0.3 is 0 Å². The molecule has 2 aliphatic heterocycles. The van der Waals surface area contributed by atoms with Gasteiger partial charge in [-0.25, -0.2) is 0 Å². The maximum absolute atomic E-state index is 12.8. The summed E-state index contributed by atoms with van der Waals surface area (Å²) in [5.41, 5.74) is 1.87. The molecule has 1 aromatic heterocycles. The zero-order valence-electron chi connectivity index (χ0n) is 15.8. The number of furan rings is 1. The van der Waals surface area contributed by atoms with Crippen molar-refractivity contribution < 1.29 is 18.7 Å². The second-order valence-corrected chi connectivity index (χ2v) is 7.15. The number of nitrogens with zero attached hydrogens (tertiary/aromatic N) is 2. The topological polar surface area (TPSA) is 75.0 Å². The summed E-state index contributed by atoms with van der Waals surface area (Å²) in [4.78, 5) is 29.2. The maximum atomic E-state index is 12.8. The summed E-state index contributed by atoms with van der Waals surface area (Å²) in [6.07, 6.45) is 2.80. The monoisotopic (exact) mass is 383 g/mol. The molecule has 0 aliphatic carbocycles. The quantitative estimate of drug-likeness (QED) is 0.878. The first kappa shape index (κ1) is 18.6. The number of morpholine rings is 1. The van der Waals surface area contributed by atoms with Gasteiger partial charge in [0, 0.05) is 32.1 Å². The Morgan fingerprint density at radius 1 is 0.964 bits per heavy atom. The molecule has 0 atom stereocenters. The Labute approximate surface area is 164 Å². The van der Waals surface area contributed by atoms with Crippen molar-refractivity contribution >= 4 is 23.2 Å². The smallest absolute Gasteiger partial charge is 0.289 e. The Bertz CT molecular complexity index is 807. The van der Waals surface area contributed by atoms with Crippen molar-refractivity contribution in [2.75, 3.05) is 49.6 Å². The number of hydrogen-bond donors (Lipinski definition) is 1. The third kappa shape index (κ3) is 4.04. The molecule has 0 bridgehead atoms. The minimum atomic E-state index is -0.110. The SMILES string of the molecule is O=C(Nc1ccccc1N1CCOCC1)C1CCN(C(=O)c2ccco2)CC1. The van der Waals surface area contributed by atoms with Crippen molar-refractivity contribution in [3.63, 3.8) is 0 Å². The average Bonchev–Trinajstić information content (AvgIpc) is 3.29. The normalized spacial score (nSPS) is 18.1. The van der Waals surface area contributed by atoms with Crippen LogP contribution in [0.4, 0.5) is 11.4 Å². The van der Waals surface area contributed by atoms with Crippen molar-refractivity contribution in [1.29, 1.82) is 0 Å². The first-order valence-electron chi connectivity index (χ1n) is 9.78. The molecule has 2 fully saturated rings. The number of hydrogen-bond acceptors (Lipinski definition) is 5. The molecule has 0 unspecified atom stereocenters. The van der Waals surface area contributed by atoms with E-state index in [0.717, 1.165) is 24.5 Å². The number of nitrogens with one attached hydrogen (secondary N) is 1. The van der Waals surface area contributed by atoms with Crippen LogP contribution in [0, 0.1) is 5.92 Å². The molecular weight excluding hydrogens is 358 g/mol. The second kappa shape index (κ2) is 8.48. The molecule has 2 aromatic rings. The molecule has 4 rings (SSSR count). The second-order valence-electron chi connectivity index (χ2n) is 7.15. The summed E-state index contributed by atoms with van der Waals surface area (Å²) in [7, 11) is 0. The number of benzene rings is 1. The summed E-state index contributed by atoms with van der Waals surface area (Å²) >= 11 is 0. The lowest BCUT2D eigenvalue weighted by Crippen LogP contribution is -2.41. The third-order valence-electron chi connectivity index (χ3n) is 5.40. The molecule has 148 valence electrons. The molecule has 28 heavy (non-hydrogen) atoms. The number of anilines is 2. The summed E-state index contributed by atoms with van der Waals surface area (Å²) in [5, 5.41) is 3.11. The molecule has 2 amide bonds. The Morgan fingerprint density at radius 3 is 2.43 bits per heavy atom. The van der Waals surface area contributed by atoms with Gasteiger partial charge in [0.05, 0.1) is 30.9 Å². The molecular formula is C21H25N3O4. The number of para-hydroxylation sites is 2. The highest BCUT2D eigenvalue weighted by molar-refractivity contribution is 5.96. The Hall–Kier alpha value is -2.80. The Morgan fingerprint density at radius 2 is 1.71 bits per heavy atom. The molecule has 3 heterocycles. The van der Waals surface area contributed by atoms with Crippen LogP contribution < -0.4 is 10.2 Å². The van der Waals surface area contributed by atoms with Crippen LogP contribution >= 0.6 is 0 Å². The molecule has 1 aromatic carbocycles. The highest BCUT2D eigenvalue weighted by Crippen LogP contribution is 2.28. The van der Waals surface area contributed by atoms with Crippen LogP contribution in [-0.4, -0.2) is 56.1 Å². The number of carbonyl (C=O) groups excluding carboxylic acids is 2. The van der Waals surface area contributed by atoms with Crippen molar-refractivity contribution in [3.8, 4) is 0 Å². The van der Waals surface area contributed by atoms with E-state index in [-0.39, 0.29) is 17.7 Å². The number of rotatable bonds is 4. The van der Waals surface area contributed by atoms with E-state index < -0.39 is 0 Å². The number of amides is 2. The van der Waals surface area contributed by atoms with E-state index >= 15 is 0 Å². The summed E-state index contributed by atoms with van der Waals surface area (Å²) < 4.78 is 10.6. The van der Waals surface area contributed by atoms with E-state index in [9.17, 15) is 9.59 Å². The van der Waals surface area contributed by atoms with Gasteiger partial charge in [0.2, 0.25) is 5.91 Å². The van der Waals surface area contributed by atoms with Crippen LogP contribution in [-0.2, 0) is 9.53 Å². The van der Waals surface area contributed by atoms with Gasteiger partial charge in [-0.15, -0.1) is 0 Å². The van der Waals surface area contributed by atoms with Gasteiger partial charge in [0.15, 0.2) is 5.76 Å². The zero-order chi connectivity index (χ0) is 19.3. The van der Waals surface area contributed by atoms with Gasteiger partial charge in [0.25, 0.3) is 5.91 Å². The fourth-order valence-electron chi connectivity index (χ4n) is 3.79. The Balaban J connectivity index is 1.36. The van der Waals surface area contributed by atoms with Gasteiger partial charge in [0.1, 0.15) is 0 Å². The highest BCUT2D eigenvalue weighted by atomic mass is 16.5. The predicted octanol–water partition coefficient (Wildman–Crippen LogP) is 2.61. The van der Waals surface area contributed by atoms with Crippen LogP contribution in [0.25, 0.3) is 0 Å². The van der Waals surface area contributed by atoms with Crippen molar-refractivity contribution in [3.05, 3.63) is 48.4 Å². The van der Waals surface area contributed by atoms with E-state index in [4.69, 9.17) is 9.15 Å². The first-order valence-corrected chi connectivity index (χ1v) is 9.78. The number of likely N-dealkylation sites (tertiary alicyclic amines) is 1. The van der Waals surface area contributed by atoms with E-state index in [1.54, 1.807) is 17.0 Å². The average molecular weight is 383 g/mol. The van der Waals surface area contributed by atoms with E-state index in [0.29, 0.717) is 44.9 Å². The van der Waals surface area contributed by atoms with E-state index in [2.05, 4.69) is 10.2 Å². The van der Waals surface area contributed by atoms with Crippen LogP contribution in [0.1, 0.15) is 23.4 Å². The molecule has 2 aliphatic rings. The van der Waals surface area contributed by atoms with Crippen molar-refractivity contribution in [2.45, 2.75) is 12.8 Å². The van der Waals surface area contributed by atoms with Gasteiger partial charge in [-0.2, -0.15) is 0 Å². The number of ether oxygens (including phenoxy) is 1. The molecule has 2 saturated heterocycles. The van der Waals surface area contributed by atoms with Crippen molar-refractivity contribution in [1.82, 2.24) is 4.90 Å². The first-order chi connectivity index (χ1) is 13.7. The summed E-state index contributed by atoms with van der Waals surface area (Å²) in [6.45, 7) is 4.15. The number of piperidine rings is 1. The summed E-state index contributed by atoms with van der Waals surface area (Å²) in [5.74, 6) is 0.160. The lowest BCUT2D eigenvalue weighted by molar-refractivity contribution is -0.121. The van der Waals surface area contributed by atoms with Gasteiger partial charge in [-0.1, -0.05) is 12.1 Å². The van der Waals surface area contributed by atoms with Crippen LogP contribution in [0.5, 0.6) is 0 Å². The predicted molar refractivity (Wildman–Crippen MR) is 105 cm³/mol. The molecule has 0 spiro atoms. The maximum Gasteiger partial charge on any atom is 0.289 e. The van der Waals surface area contributed by atoms with Crippen LogP contribution in [0.15, 0.2) is 47.1 Å². The van der Waals surface area contributed by atoms with E-state index in [1.165, 1.54) is 6.26 Å². The van der Waals surface area contributed by atoms with E-state index in [1.807, 2.05) is 24.3 Å². The molecule has 7 nitrogen and oxygen atoms in total. The molecule has 7 heteroatoms. The van der Waals surface area contributed by atoms with Gasteiger partial charge < -0.3 is 24.3 Å². The fourth-order valence-corrected chi connectivity index (χ4v) is 3.79. The summed E-state index contributed by atoms with van der Waals surface area (Å²) in [6, 6.07) is 11.3. The molecule has 1 N–H and O–H groups in total. The largest absolute Gasteiger partial charge is 0.459 e. The molecule has 0 radical (unpaired) electrons. The van der Waals surface area contributed by atoms with Crippen LogP contribution in [0.3, 0.4) is 0 Å². The fraction of sp³-hybridized carbons (Fsp3) is 0.429. The third-order valence-corrected chi connectivity index (χ3v) is 5.40. The minimum Gasteiger partial charge on any atom is -0.459 e. The highest BCUT2D eigenvalue weighted by Gasteiger charge is 2.29.